The van der Waals surface area contributed by atoms with Crippen molar-refractivity contribution in [3.05, 3.63) is 28.3 Å². The molecule has 8 heteroatoms. The number of ether oxygens (including phenoxy) is 2. The van der Waals surface area contributed by atoms with Gasteiger partial charge < -0.3 is 24.4 Å². The van der Waals surface area contributed by atoms with Crippen LogP contribution in [0.2, 0.25) is 5.02 Å². The molecule has 0 aliphatic carbocycles. The maximum absolute atomic E-state index is 13.2. The molecule has 1 N–H and O–H groups in total. The fraction of sp³-hybridized carbons (Fsp3) is 0.680. The average Bonchev–Trinajstić information content (AvgIpc) is 2.80. The molecular formula is C25H37ClN2O5. The second-order valence-electron chi connectivity index (χ2n) is 9.61. The second kappa shape index (κ2) is 11.5. The zero-order valence-electron chi connectivity index (χ0n) is 20.1. The second-order valence-corrected chi connectivity index (χ2v) is 9.99. The number of aliphatic hydroxyl groups is 1. The molecule has 0 spiro atoms. The third kappa shape index (κ3) is 6.84. The van der Waals surface area contributed by atoms with Crippen molar-refractivity contribution in [2.45, 2.75) is 58.5 Å². The quantitative estimate of drug-likeness (QED) is 0.617. The number of aliphatic hydroxyl groups excluding tert-OH is 1. The number of nitrogens with zero attached hydrogens (tertiary/aromatic N) is 2. The van der Waals surface area contributed by atoms with E-state index < -0.39 is 5.41 Å². The van der Waals surface area contributed by atoms with Gasteiger partial charge in [-0.05, 0) is 62.8 Å². The number of piperidine rings is 2. The van der Waals surface area contributed by atoms with Gasteiger partial charge >= 0.3 is 0 Å². The van der Waals surface area contributed by atoms with Crippen molar-refractivity contribution in [1.82, 2.24) is 9.80 Å². The van der Waals surface area contributed by atoms with Crippen LogP contribution in [0, 0.1) is 19.3 Å². The first kappa shape index (κ1) is 25.8. The van der Waals surface area contributed by atoms with Crippen LogP contribution >= 0.6 is 11.6 Å². The smallest absolute Gasteiger partial charge is 0.224 e. The lowest BCUT2D eigenvalue weighted by atomic mass is 9.77. The molecule has 2 saturated heterocycles. The number of carbonyl (C=O) groups excluding carboxylic acids is 2. The minimum absolute atomic E-state index is 0.0488. The topological polar surface area (TPSA) is 79.3 Å². The van der Waals surface area contributed by atoms with Gasteiger partial charge in [0, 0.05) is 50.1 Å². The molecule has 7 nitrogen and oxygen atoms in total. The first-order valence-corrected chi connectivity index (χ1v) is 12.2. The molecule has 33 heavy (non-hydrogen) atoms. The number of aryl methyl sites for hydroxylation is 2. The van der Waals surface area contributed by atoms with Crippen LogP contribution in [-0.4, -0.2) is 79.3 Å². The van der Waals surface area contributed by atoms with E-state index >= 15 is 0 Å². The van der Waals surface area contributed by atoms with E-state index in [1.165, 1.54) is 0 Å². The monoisotopic (exact) mass is 480 g/mol. The van der Waals surface area contributed by atoms with E-state index in [-0.39, 0.29) is 17.9 Å². The Bertz CT molecular complexity index is 817. The van der Waals surface area contributed by atoms with Gasteiger partial charge in [0.05, 0.1) is 25.7 Å². The van der Waals surface area contributed by atoms with Crippen molar-refractivity contribution >= 4 is 23.4 Å². The molecule has 1 atom stereocenters. The molecule has 2 heterocycles. The standard InChI is InChI=1S/C25H37ClN2O5/c1-18-13-21(14-19(2)24(18)26)33-17-25(15-23(31)27-10-5-20(29)6-11-27)8-4-9-28(16-25)22(30)7-12-32-3/h13-14,20,29H,4-12,15-17H2,1-3H3. The Morgan fingerprint density at radius 1 is 1.12 bits per heavy atom. The fourth-order valence-electron chi connectivity index (χ4n) is 4.86. The fourth-order valence-corrected chi connectivity index (χ4v) is 4.96. The summed E-state index contributed by atoms with van der Waals surface area (Å²) in [7, 11) is 1.59. The van der Waals surface area contributed by atoms with Gasteiger partial charge in [0.25, 0.3) is 0 Å². The number of carbonyl (C=O) groups is 2. The van der Waals surface area contributed by atoms with Crippen LogP contribution in [0.1, 0.15) is 49.7 Å². The summed E-state index contributed by atoms with van der Waals surface area (Å²) in [5, 5.41) is 10.5. The molecule has 2 fully saturated rings. The van der Waals surface area contributed by atoms with Crippen LogP contribution in [0.15, 0.2) is 12.1 Å². The van der Waals surface area contributed by atoms with Gasteiger partial charge in [-0.25, -0.2) is 0 Å². The van der Waals surface area contributed by atoms with Crippen LogP contribution in [0.4, 0.5) is 0 Å². The van der Waals surface area contributed by atoms with Crippen LogP contribution in [0.25, 0.3) is 0 Å². The number of amides is 2. The number of likely N-dealkylation sites (tertiary alicyclic amines) is 2. The predicted octanol–water partition coefficient (Wildman–Crippen LogP) is 3.35. The van der Waals surface area contributed by atoms with Crippen LogP contribution < -0.4 is 4.74 Å². The highest BCUT2D eigenvalue weighted by molar-refractivity contribution is 6.32. The number of benzene rings is 1. The van der Waals surface area contributed by atoms with Gasteiger partial charge in [-0.3, -0.25) is 9.59 Å². The Hall–Kier alpha value is -1.83. The maximum Gasteiger partial charge on any atom is 0.224 e. The SMILES string of the molecule is COCCC(=O)N1CCCC(COc2cc(C)c(Cl)c(C)c2)(CC(=O)N2CCC(O)CC2)C1. The van der Waals surface area contributed by atoms with Crippen LogP contribution in [-0.2, 0) is 14.3 Å². The molecule has 2 amide bonds. The van der Waals surface area contributed by atoms with Crippen LogP contribution in [0.5, 0.6) is 5.75 Å². The Kier molecular flexibility index (Phi) is 9.02. The molecule has 0 radical (unpaired) electrons. The zero-order valence-corrected chi connectivity index (χ0v) is 20.8. The van der Waals surface area contributed by atoms with Crippen molar-refractivity contribution in [2.24, 2.45) is 5.41 Å². The van der Waals surface area contributed by atoms with Gasteiger partial charge in [-0.2, -0.15) is 0 Å². The van der Waals surface area contributed by atoms with Crippen molar-refractivity contribution in [1.29, 1.82) is 0 Å². The Labute approximate surface area is 202 Å². The maximum atomic E-state index is 13.2. The molecule has 0 aromatic heterocycles. The van der Waals surface area contributed by atoms with E-state index in [1.807, 2.05) is 35.8 Å². The molecule has 184 valence electrons. The van der Waals surface area contributed by atoms with E-state index in [1.54, 1.807) is 7.11 Å². The number of rotatable bonds is 8. The molecule has 2 aliphatic rings. The summed E-state index contributed by atoms with van der Waals surface area (Å²) >= 11 is 6.31. The summed E-state index contributed by atoms with van der Waals surface area (Å²) in [6, 6.07) is 3.84. The van der Waals surface area contributed by atoms with E-state index in [0.29, 0.717) is 65.1 Å². The first-order chi connectivity index (χ1) is 15.7. The lowest BCUT2D eigenvalue weighted by Crippen LogP contribution is -2.51. The third-order valence-corrected chi connectivity index (χ3v) is 7.43. The zero-order chi connectivity index (χ0) is 24.0. The third-order valence-electron chi connectivity index (χ3n) is 6.83. The molecule has 1 aromatic rings. The van der Waals surface area contributed by atoms with Gasteiger partial charge in [-0.15, -0.1) is 0 Å². The van der Waals surface area contributed by atoms with Crippen LogP contribution in [0.3, 0.4) is 0 Å². The van der Waals surface area contributed by atoms with Gasteiger partial charge in [-0.1, -0.05) is 11.6 Å². The molecular weight excluding hydrogens is 444 g/mol. The minimum atomic E-state index is -0.463. The molecule has 0 saturated carbocycles. The van der Waals surface area contributed by atoms with Gasteiger partial charge in [0.2, 0.25) is 11.8 Å². The summed E-state index contributed by atoms with van der Waals surface area (Å²) in [6.07, 6.45) is 3.19. The molecule has 1 aromatic carbocycles. The molecule has 3 rings (SSSR count). The highest BCUT2D eigenvalue weighted by Crippen LogP contribution is 2.36. The number of halogens is 1. The normalized spacial score (nSPS) is 21.8. The summed E-state index contributed by atoms with van der Waals surface area (Å²) < 4.78 is 11.3. The Balaban J connectivity index is 1.76. The summed E-state index contributed by atoms with van der Waals surface area (Å²) in [4.78, 5) is 29.7. The van der Waals surface area contributed by atoms with E-state index in [4.69, 9.17) is 21.1 Å². The largest absolute Gasteiger partial charge is 0.493 e. The lowest BCUT2D eigenvalue weighted by Gasteiger charge is -2.43. The molecule has 0 bridgehead atoms. The summed E-state index contributed by atoms with van der Waals surface area (Å²) in [6.45, 7) is 6.95. The van der Waals surface area contributed by atoms with Crippen molar-refractivity contribution in [3.63, 3.8) is 0 Å². The number of hydrogen-bond acceptors (Lipinski definition) is 5. The van der Waals surface area contributed by atoms with Crippen molar-refractivity contribution in [2.75, 3.05) is 46.5 Å². The molecule has 1 unspecified atom stereocenters. The van der Waals surface area contributed by atoms with Crippen molar-refractivity contribution < 1.29 is 24.2 Å². The highest BCUT2D eigenvalue weighted by atomic mass is 35.5. The van der Waals surface area contributed by atoms with Gasteiger partial charge in [0.1, 0.15) is 5.75 Å². The van der Waals surface area contributed by atoms with Gasteiger partial charge in [0.15, 0.2) is 0 Å². The van der Waals surface area contributed by atoms with Crippen molar-refractivity contribution in [3.8, 4) is 5.75 Å². The summed E-state index contributed by atoms with van der Waals surface area (Å²) in [5.41, 5.74) is 1.43. The Morgan fingerprint density at radius 2 is 1.79 bits per heavy atom. The number of methoxy groups -OCH3 is 1. The minimum Gasteiger partial charge on any atom is -0.493 e. The average molecular weight is 481 g/mol. The van der Waals surface area contributed by atoms with E-state index in [0.717, 1.165) is 34.7 Å². The lowest BCUT2D eigenvalue weighted by molar-refractivity contribution is -0.143. The molecule has 2 aliphatic heterocycles. The summed E-state index contributed by atoms with van der Waals surface area (Å²) in [5.74, 6) is 0.845. The first-order valence-electron chi connectivity index (χ1n) is 11.8. The highest BCUT2D eigenvalue weighted by Gasteiger charge is 2.41. The Morgan fingerprint density at radius 3 is 2.42 bits per heavy atom. The predicted molar refractivity (Wildman–Crippen MR) is 128 cm³/mol. The van der Waals surface area contributed by atoms with E-state index in [2.05, 4.69) is 0 Å². The number of hydrogen-bond donors (Lipinski definition) is 1. The van der Waals surface area contributed by atoms with E-state index in [9.17, 15) is 14.7 Å².